The van der Waals surface area contributed by atoms with Crippen LogP contribution in [0.15, 0.2) is 21.1 Å². The van der Waals surface area contributed by atoms with E-state index < -0.39 is 0 Å². The molecule has 4 heteroatoms. The van der Waals surface area contributed by atoms with Crippen molar-refractivity contribution in [2.24, 2.45) is 11.7 Å². The molecule has 0 heterocycles. The molecule has 2 nitrogen and oxygen atoms in total. The average Bonchev–Trinajstić information content (AvgIpc) is 2.23. The zero-order valence-corrected chi connectivity index (χ0v) is 12.0. The molecule has 84 valence electrons. The van der Waals surface area contributed by atoms with Crippen LogP contribution in [0.2, 0.25) is 0 Å². The predicted octanol–water partition coefficient (Wildman–Crippen LogP) is 3.96. The van der Waals surface area contributed by atoms with Crippen molar-refractivity contribution < 1.29 is 5.11 Å². The predicted molar refractivity (Wildman–Crippen MR) is 69.9 cm³/mol. The summed E-state index contributed by atoms with van der Waals surface area (Å²) in [5.41, 5.74) is 7.14. The zero-order valence-electron chi connectivity index (χ0n) is 8.80. The molecule has 15 heavy (non-hydrogen) atoms. The van der Waals surface area contributed by atoms with Gasteiger partial charge >= 0.3 is 0 Å². The molecule has 1 aromatic rings. The molecule has 1 aromatic carbocycles. The van der Waals surface area contributed by atoms with Crippen LogP contribution < -0.4 is 5.73 Å². The molecule has 0 spiro atoms. The Kier molecular flexibility index (Phi) is 4.62. The van der Waals surface area contributed by atoms with Gasteiger partial charge in [-0.2, -0.15) is 0 Å². The van der Waals surface area contributed by atoms with Crippen molar-refractivity contribution in [2.75, 3.05) is 0 Å². The van der Waals surface area contributed by atoms with E-state index in [1.165, 1.54) is 0 Å². The first-order valence-corrected chi connectivity index (χ1v) is 6.49. The van der Waals surface area contributed by atoms with Crippen molar-refractivity contribution in [1.82, 2.24) is 0 Å². The van der Waals surface area contributed by atoms with Gasteiger partial charge in [0.15, 0.2) is 0 Å². The molecule has 1 rings (SSSR count). The lowest BCUT2D eigenvalue weighted by Gasteiger charge is -2.19. The fourth-order valence-electron chi connectivity index (χ4n) is 1.36. The fraction of sp³-hybridized carbons (Fsp3) is 0.455. The van der Waals surface area contributed by atoms with E-state index in [-0.39, 0.29) is 11.8 Å². The van der Waals surface area contributed by atoms with Crippen molar-refractivity contribution in [2.45, 2.75) is 26.3 Å². The average molecular weight is 337 g/mol. The maximum atomic E-state index is 9.57. The molecule has 0 aliphatic heterocycles. The monoisotopic (exact) mass is 335 g/mol. The second-order valence-electron chi connectivity index (χ2n) is 3.74. The number of benzene rings is 1. The zero-order chi connectivity index (χ0) is 11.6. The molecule has 0 fully saturated rings. The highest BCUT2D eigenvalue weighted by molar-refractivity contribution is 9.11. The van der Waals surface area contributed by atoms with Gasteiger partial charge in [-0.25, -0.2) is 0 Å². The minimum Gasteiger partial charge on any atom is -0.506 e. The summed E-state index contributed by atoms with van der Waals surface area (Å²) < 4.78 is 1.34. The van der Waals surface area contributed by atoms with Gasteiger partial charge in [0, 0.05) is 6.04 Å². The third-order valence-corrected chi connectivity index (χ3v) is 3.89. The number of aromatic hydroxyl groups is 1. The number of hydrogen-bond acceptors (Lipinski definition) is 2. The Hall–Kier alpha value is -0.0600. The Bertz CT molecular complexity index is 331. The first-order chi connectivity index (χ1) is 6.97. The Labute approximate surface area is 107 Å². The highest BCUT2D eigenvalue weighted by Gasteiger charge is 2.16. The van der Waals surface area contributed by atoms with Gasteiger partial charge in [0.2, 0.25) is 0 Å². The molecule has 0 bridgehead atoms. The van der Waals surface area contributed by atoms with E-state index in [4.69, 9.17) is 5.73 Å². The van der Waals surface area contributed by atoms with Crippen LogP contribution in [0.25, 0.3) is 0 Å². The summed E-state index contributed by atoms with van der Waals surface area (Å²) in [5.74, 6) is 0.642. The largest absolute Gasteiger partial charge is 0.506 e. The number of nitrogens with two attached hydrogens (primary N) is 1. The van der Waals surface area contributed by atoms with Crippen LogP contribution in [-0.2, 0) is 0 Å². The Morgan fingerprint density at radius 3 is 2.20 bits per heavy atom. The van der Waals surface area contributed by atoms with Crippen LogP contribution in [0.4, 0.5) is 0 Å². The third kappa shape index (κ3) is 2.95. The van der Waals surface area contributed by atoms with E-state index >= 15 is 0 Å². The Balaban J connectivity index is 3.06. The lowest BCUT2D eigenvalue weighted by atomic mass is 9.93. The minimum atomic E-state index is 0.00296. The molecule has 0 saturated heterocycles. The number of phenols is 1. The van der Waals surface area contributed by atoms with E-state index in [0.717, 1.165) is 12.0 Å². The maximum absolute atomic E-state index is 9.57. The maximum Gasteiger partial charge on any atom is 0.143 e. The first kappa shape index (κ1) is 13.0. The van der Waals surface area contributed by atoms with E-state index in [9.17, 15) is 5.11 Å². The third-order valence-electron chi connectivity index (χ3n) is 2.68. The molecule has 0 aromatic heterocycles. The van der Waals surface area contributed by atoms with E-state index in [1.54, 1.807) is 0 Å². The highest BCUT2D eigenvalue weighted by atomic mass is 79.9. The topological polar surface area (TPSA) is 46.2 Å². The van der Waals surface area contributed by atoms with Gasteiger partial charge in [-0.3, -0.25) is 0 Å². The van der Waals surface area contributed by atoms with Gasteiger partial charge in [-0.05, 0) is 55.5 Å². The van der Waals surface area contributed by atoms with Crippen molar-refractivity contribution >= 4 is 31.9 Å². The van der Waals surface area contributed by atoms with Gasteiger partial charge in [0.1, 0.15) is 5.75 Å². The molecular weight excluding hydrogens is 322 g/mol. The van der Waals surface area contributed by atoms with Gasteiger partial charge in [-0.1, -0.05) is 20.3 Å². The quantitative estimate of drug-likeness (QED) is 0.877. The second-order valence-corrected chi connectivity index (χ2v) is 5.45. The van der Waals surface area contributed by atoms with Crippen LogP contribution in [0.3, 0.4) is 0 Å². The SMILES string of the molecule is CCC(C)[C@H](N)c1cc(Br)c(O)c(Br)c1. The highest BCUT2D eigenvalue weighted by Crippen LogP contribution is 2.36. The van der Waals surface area contributed by atoms with Crippen LogP contribution >= 0.6 is 31.9 Å². The van der Waals surface area contributed by atoms with E-state index in [1.807, 2.05) is 12.1 Å². The summed E-state index contributed by atoms with van der Waals surface area (Å²) >= 11 is 6.60. The molecule has 0 saturated carbocycles. The fourth-order valence-corrected chi connectivity index (χ4v) is 2.58. The molecule has 0 aliphatic carbocycles. The molecule has 0 amide bonds. The van der Waals surface area contributed by atoms with Crippen LogP contribution in [-0.4, -0.2) is 5.11 Å². The van der Waals surface area contributed by atoms with Gasteiger partial charge in [0.25, 0.3) is 0 Å². The smallest absolute Gasteiger partial charge is 0.143 e. The van der Waals surface area contributed by atoms with Crippen molar-refractivity contribution in [3.8, 4) is 5.75 Å². The summed E-state index contributed by atoms with van der Waals surface area (Å²) in [6, 6.07) is 3.75. The van der Waals surface area contributed by atoms with Crippen LogP contribution in [0.1, 0.15) is 31.9 Å². The molecule has 3 N–H and O–H groups in total. The summed E-state index contributed by atoms with van der Waals surface area (Å²) in [6.07, 6.45) is 1.04. The lowest BCUT2D eigenvalue weighted by molar-refractivity contribution is 0.451. The van der Waals surface area contributed by atoms with Crippen molar-refractivity contribution in [3.63, 3.8) is 0 Å². The van der Waals surface area contributed by atoms with Gasteiger partial charge in [-0.15, -0.1) is 0 Å². The molecular formula is C11H15Br2NO. The summed E-state index contributed by atoms with van der Waals surface area (Å²) in [5, 5.41) is 9.57. The lowest BCUT2D eigenvalue weighted by Crippen LogP contribution is -2.18. The van der Waals surface area contributed by atoms with E-state index in [0.29, 0.717) is 14.9 Å². The number of hydrogen-bond donors (Lipinski definition) is 2. The summed E-state index contributed by atoms with van der Waals surface area (Å²) in [6.45, 7) is 4.24. The normalized spacial score (nSPS) is 15.0. The molecule has 0 radical (unpaired) electrons. The first-order valence-electron chi connectivity index (χ1n) is 4.90. The molecule has 0 aliphatic rings. The summed E-state index contributed by atoms with van der Waals surface area (Å²) in [7, 11) is 0. The Morgan fingerprint density at radius 2 is 1.80 bits per heavy atom. The van der Waals surface area contributed by atoms with Gasteiger partial charge in [0.05, 0.1) is 8.95 Å². The summed E-state index contributed by atoms with van der Waals surface area (Å²) in [4.78, 5) is 0. The Morgan fingerprint density at radius 1 is 1.33 bits per heavy atom. The number of phenolic OH excluding ortho intramolecular Hbond substituents is 1. The minimum absolute atomic E-state index is 0.00296. The van der Waals surface area contributed by atoms with Crippen LogP contribution in [0.5, 0.6) is 5.75 Å². The van der Waals surface area contributed by atoms with E-state index in [2.05, 4.69) is 45.7 Å². The van der Waals surface area contributed by atoms with Crippen molar-refractivity contribution in [3.05, 3.63) is 26.6 Å². The van der Waals surface area contributed by atoms with Gasteiger partial charge < -0.3 is 10.8 Å². The van der Waals surface area contributed by atoms with Crippen LogP contribution in [0, 0.1) is 5.92 Å². The number of rotatable bonds is 3. The molecule has 2 atom stereocenters. The molecule has 1 unspecified atom stereocenters. The second kappa shape index (κ2) is 5.32. The standard InChI is InChI=1S/C11H15Br2NO/c1-3-6(2)10(14)7-4-8(12)11(15)9(13)5-7/h4-6,10,15H,3,14H2,1-2H3/t6?,10-/m0/s1. The number of halogens is 2. The van der Waals surface area contributed by atoms with Crippen molar-refractivity contribution in [1.29, 1.82) is 0 Å².